The van der Waals surface area contributed by atoms with Crippen molar-refractivity contribution >= 4 is 0 Å². The molecular weight excluding hydrogens is 324 g/mol. The fourth-order valence-electron chi connectivity index (χ4n) is 3.78. The van der Waals surface area contributed by atoms with Crippen molar-refractivity contribution in [3.05, 3.63) is 70.3 Å². The molecule has 0 aromatic heterocycles. The normalized spacial score (nSPS) is 14.3. The predicted octanol–water partition coefficient (Wildman–Crippen LogP) is 7.93. The second-order valence-corrected chi connectivity index (χ2v) is 11.4. The van der Waals surface area contributed by atoms with Gasteiger partial charge in [-0.3, -0.25) is 0 Å². The van der Waals surface area contributed by atoms with Gasteiger partial charge in [0.2, 0.25) is 0 Å². The Morgan fingerprint density at radius 1 is 0.667 bits per heavy atom. The van der Waals surface area contributed by atoms with Crippen LogP contribution in [0.5, 0.6) is 0 Å². The van der Waals surface area contributed by atoms with E-state index in [9.17, 15) is 0 Å². The van der Waals surface area contributed by atoms with Gasteiger partial charge in [-0.15, -0.1) is 0 Å². The molecule has 0 heterocycles. The number of benzene rings is 2. The molecule has 0 spiro atoms. The second-order valence-electron chi connectivity index (χ2n) is 11.4. The highest BCUT2D eigenvalue weighted by Gasteiger charge is 2.26. The largest absolute Gasteiger partial charge is 0.0617 e. The van der Waals surface area contributed by atoms with Crippen molar-refractivity contribution in [1.29, 1.82) is 0 Å². The summed E-state index contributed by atoms with van der Waals surface area (Å²) in [7, 11) is 0. The van der Waals surface area contributed by atoms with Gasteiger partial charge in [0.1, 0.15) is 0 Å². The van der Waals surface area contributed by atoms with Crippen molar-refractivity contribution in [2.75, 3.05) is 0 Å². The molecule has 0 nitrogen and oxygen atoms in total. The Hall–Kier alpha value is -1.56. The maximum atomic E-state index is 2.47. The van der Waals surface area contributed by atoms with Crippen molar-refractivity contribution in [3.63, 3.8) is 0 Å². The van der Waals surface area contributed by atoms with E-state index in [1.165, 1.54) is 27.8 Å². The molecule has 0 aliphatic rings. The highest BCUT2D eigenvalue weighted by atomic mass is 14.3. The molecule has 148 valence electrons. The first-order valence-corrected chi connectivity index (χ1v) is 10.4. The lowest BCUT2D eigenvalue weighted by Crippen LogP contribution is -2.22. The van der Waals surface area contributed by atoms with Crippen molar-refractivity contribution in [3.8, 4) is 0 Å². The third kappa shape index (κ3) is 5.47. The molecule has 0 aliphatic carbocycles. The zero-order valence-corrected chi connectivity index (χ0v) is 19.3. The third-order valence-corrected chi connectivity index (χ3v) is 5.56. The second kappa shape index (κ2) is 7.46. The minimum absolute atomic E-state index is 0.157. The Morgan fingerprint density at radius 3 is 1.78 bits per heavy atom. The van der Waals surface area contributed by atoms with Crippen LogP contribution in [-0.4, -0.2) is 0 Å². The van der Waals surface area contributed by atoms with Crippen molar-refractivity contribution in [2.24, 2.45) is 0 Å². The maximum absolute atomic E-state index is 2.47. The first-order chi connectivity index (χ1) is 12.2. The fraction of sp³-hybridized carbons (Fsp3) is 0.556. The molecule has 27 heavy (non-hydrogen) atoms. The van der Waals surface area contributed by atoms with Crippen LogP contribution in [0.2, 0.25) is 0 Å². The van der Waals surface area contributed by atoms with Crippen LogP contribution in [-0.2, 0) is 22.7 Å². The molecule has 2 aromatic carbocycles. The summed E-state index contributed by atoms with van der Waals surface area (Å²) in [5.74, 6) is 0.510. The smallest absolute Gasteiger partial charge is 0.0129 e. The summed E-state index contributed by atoms with van der Waals surface area (Å²) in [6.45, 7) is 23.2. The van der Waals surface area contributed by atoms with Gasteiger partial charge in [0, 0.05) is 0 Å². The standard InChI is InChI=1S/C27H40/c1-19(16-20-12-11-13-22(17-20)25(2,3)4)21-14-15-23(26(5,6)7)24(18-21)27(8,9)10/h11-15,17-19H,16H2,1-10H3. The topological polar surface area (TPSA) is 0 Å². The Bertz CT molecular complexity index is 773. The molecule has 0 aliphatic heterocycles. The van der Waals surface area contributed by atoms with Crippen LogP contribution < -0.4 is 0 Å². The molecule has 0 saturated heterocycles. The van der Waals surface area contributed by atoms with Crippen LogP contribution >= 0.6 is 0 Å². The van der Waals surface area contributed by atoms with Crippen LogP contribution in [0.25, 0.3) is 0 Å². The molecule has 2 aromatic rings. The average molecular weight is 365 g/mol. The zero-order chi connectivity index (χ0) is 20.6. The molecule has 0 fully saturated rings. The molecule has 0 radical (unpaired) electrons. The molecule has 0 heteroatoms. The molecule has 2 rings (SSSR count). The molecule has 1 atom stereocenters. The minimum Gasteiger partial charge on any atom is -0.0617 e. The van der Waals surface area contributed by atoms with E-state index in [-0.39, 0.29) is 16.2 Å². The quantitative estimate of drug-likeness (QED) is 0.518. The molecule has 0 N–H and O–H groups in total. The van der Waals surface area contributed by atoms with Crippen LogP contribution in [0.1, 0.15) is 103 Å². The average Bonchev–Trinajstić information content (AvgIpc) is 2.52. The van der Waals surface area contributed by atoms with E-state index in [1.807, 2.05) is 0 Å². The lowest BCUT2D eigenvalue weighted by atomic mass is 9.74. The van der Waals surface area contributed by atoms with E-state index >= 15 is 0 Å². The van der Waals surface area contributed by atoms with E-state index in [4.69, 9.17) is 0 Å². The Labute approximate surface area is 168 Å². The number of hydrogen-bond donors (Lipinski definition) is 0. The van der Waals surface area contributed by atoms with E-state index in [0.717, 1.165) is 6.42 Å². The SMILES string of the molecule is CC(Cc1cccc(C(C)(C)C)c1)c1ccc(C(C)(C)C)c(C(C)(C)C)c1. The molecule has 0 amide bonds. The number of hydrogen-bond acceptors (Lipinski definition) is 0. The Balaban J connectivity index is 2.36. The van der Waals surface area contributed by atoms with E-state index in [0.29, 0.717) is 5.92 Å². The van der Waals surface area contributed by atoms with Crippen LogP contribution in [0, 0.1) is 0 Å². The summed E-state index contributed by atoms with van der Waals surface area (Å²) in [5.41, 5.74) is 7.80. The summed E-state index contributed by atoms with van der Waals surface area (Å²) in [4.78, 5) is 0. The van der Waals surface area contributed by atoms with Gasteiger partial charge in [0.25, 0.3) is 0 Å². The Morgan fingerprint density at radius 2 is 1.26 bits per heavy atom. The molecule has 0 bridgehead atoms. The van der Waals surface area contributed by atoms with Gasteiger partial charge >= 0.3 is 0 Å². The van der Waals surface area contributed by atoms with E-state index in [1.54, 1.807) is 0 Å². The van der Waals surface area contributed by atoms with Crippen LogP contribution in [0.15, 0.2) is 42.5 Å². The summed E-state index contributed by atoms with van der Waals surface area (Å²) in [5, 5.41) is 0. The van der Waals surface area contributed by atoms with Gasteiger partial charge in [-0.1, -0.05) is 112 Å². The first kappa shape index (κ1) is 21.7. The summed E-state index contributed by atoms with van der Waals surface area (Å²) < 4.78 is 0. The molecular formula is C27H40. The van der Waals surface area contributed by atoms with E-state index in [2.05, 4.69) is 112 Å². The molecule has 1 unspecified atom stereocenters. The summed E-state index contributed by atoms with van der Waals surface area (Å²) >= 11 is 0. The van der Waals surface area contributed by atoms with Crippen LogP contribution in [0.4, 0.5) is 0 Å². The highest BCUT2D eigenvalue weighted by molar-refractivity contribution is 5.42. The number of rotatable bonds is 3. The maximum Gasteiger partial charge on any atom is -0.0129 e. The van der Waals surface area contributed by atoms with Gasteiger partial charge < -0.3 is 0 Å². The van der Waals surface area contributed by atoms with Gasteiger partial charge in [0.05, 0.1) is 0 Å². The van der Waals surface area contributed by atoms with E-state index < -0.39 is 0 Å². The fourth-order valence-corrected chi connectivity index (χ4v) is 3.78. The van der Waals surface area contributed by atoms with Gasteiger partial charge in [-0.05, 0) is 56.4 Å². The third-order valence-electron chi connectivity index (χ3n) is 5.56. The summed E-state index contributed by atoms with van der Waals surface area (Å²) in [6.07, 6.45) is 1.09. The zero-order valence-electron chi connectivity index (χ0n) is 19.3. The van der Waals surface area contributed by atoms with Crippen LogP contribution in [0.3, 0.4) is 0 Å². The van der Waals surface area contributed by atoms with Gasteiger partial charge in [0.15, 0.2) is 0 Å². The van der Waals surface area contributed by atoms with Gasteiger partial charge in [-0.2, -0.15) is 0 Å². The lowest BCUT2D eigenvalue weighted by molar-refractivity contribution is 0.528. The first-order valence-electron chi connectivity index (χ1n) is 10.4. The minimum atomic E-state index is 0.157. The van der Waals surface area contributed by atoms with Crippen molar-refractivity contribution in [1.82, 2.24) is 0 Å². The van der Waals surface area contributed by atoms with Crippen molar-refractivity contribution < 1.29 is 0 Å². The highest BCUT2D eigenvalue weighted by Crippen LogP contribution is 2.36. The molecule has 0 saturated carbocycles. The monoisotopic (exact) mass is 364 g/mol. The Kier molecular flexibility index (Phi) is 6.00. The lowest BCUT2D eigenvalue weighted by Gasteiger charge is -2.31. The van der Waals surface area contributed by atoms with Crippen molar-refractivity contribution in [2.45, 2.75) is 97.8 Å². The van der Waals surface area contributed by atoms with Gasteiger partial charge in [-0.25, -0.2) is 0 Å². The summed E-state index contributed by atoms with van der Waals surface area (Å²) in [6, 6.07) is 16.3. The predicted molar refractivity (Wildman–Crippen MR) is 121 cm³/mol.